The third kappa shape index (κ3) is 11.1. The Labute approximate surface area is 230 Å². The van der Waals surface area contributed by atoms with Gasteiger partial charge in [0.2, 0.25) is 0 Å². The normalized spacial score (nSPS) is 13.2. The van der Waals surface area contributed by atoms with E-state index in [9.17, 15) is 19.2 Å². The molecule has 0 aliphatic rings. The summed E-state index contributed by atoms with van der Waals surface area (Å²) in [5.74, 6) is -1.73. The van der Waals surface area contributed by atoms with Crippen LogP contribution < -0.4 is 15.2 Å². The van der Waals surface area contributed by atoms with Crippen molar-refractivity contribution in [1.29, 1.82) is 0 Å². The molecule has 39 heavy (non-hydrogen) atoms. The second-order valence-electron chi connectivity index (χ2n) is 10.8. The van der Waals surface area contributed by atoms with Gasteiger partial charge in [-0.3, -0.25) is 9.59 Å². The number of hydrogen-bond donors (Lipinski definition) is 1. The van der Waals surface area contributed by atoms with Crippen molar-refractivity contribution in [1.82, 2.24) is 0 Å². The zero-order valence-corrected chi connectivity index (χ0v) is 24.5. The van der Waals surface area contributed by atoms with Crippen molar-refractivity contribution in [3.8, 4) is 11.5 Å². The first kappa shape index (κ1) is 33.7. The Morgan fingerprint density at radius 1 is 0.872 bits per heavy atom. The third-order valence-electron chi connectivity index (χ3n) is 6.19. The van der Waals surface area contributed by atoms with E-state index in [1.807, 2.05) is 13.8 Å². The minimum absolute atomic E-state index is 0.0300. The summed E-state index contributed by atoms with van der Waals surface area (Å²) in [6.07, 6.45) is -1.03. The van der Waals surface area contributed by atoms with Crippen LogP contribution in [0.15, 0.2) is 18.2 Å². The molecule has 0 bridgehead atoms. The van der Waals surface area contributed by atoms with Crippen molar-refractivity contribution in [3.05, 3.63) is 23.8 Å². The van der Waals surface area contributed by atoms with Crippen LogP contribution in [0.3, 0.4) is 0 Å². The van der Waals surface area contributed by atoms with Gasteiger partial charge in [-0.1, -0.05) is 33.8 Å². The lowest BCUT2D eigenvalue weighted by Crippen LogP contribution is -2.51. The number of ether oxygens (including phenoxy) is 6. The molecule has 0 aromatic heterocycles. The second kappa shape index (κ2) is 14.2. The minimum atomic E-state index is -1.57. The van der Waals surface area contributed by atoms with Crippen molar-refractivity contribution in [3.63, 3.8) is 0 Å². The molecule has 1 aromatic carbocycles. The summed E-state index contributed by atoms with van der Waals surface area (Å²) in [6, 6.07) is 4.34. The van der Waals surface area contributed by atoms with Gasteiger partial charge in [0, 0.05) is 12.8 Å². The quantitative estimate of drug-likeness (QED) is 0.197. The zero-order chi connectivity index (χ0) is 30.0. The Bertz CT molecular complexity index is 1020. The first-order chi connectivity index (χ1) is 18.0. The number of benzene rings is 1. The van der Waals surface area contributed by atoms with E-state index in [0.29, 0.717) is 18.4 Å². The maximum atomic E-state index is 12.6. The molecule has 0 radical (unpaired) electrons. The number of carbonyl (C=O) groups excluding carboxylic acids is 4. The molecule has 11 heteroatoms. The summed E-state index contributed by atoms with van der Waals surface area (Å²) in [6.45, 7) is 13.9. The van der Waals surface area contributed by atoms with E-state index < -0.39 is 41.0 Å². The number of hydrogen-bond acceptors (Lipinski definition) is 11. The molecule has 1 atom stereocenters. The molecule has 0 heterocycles. The number of esters is 2. The average Bonchev–Trinajstić information content (AvgIpc) is 2.84. The van der Waals surface area contributed by atoms with Crippen LogP contribution in [-0.2, 0) is 35.0 Å². The minimum Gasteiger partial charge on any atom is -0.468 e. The Morgan fingerprint density at radius 3 is 1.85 bits per heavy atom. The molecule has 0 fully saturated rings. The largest absolute Gasteiger partial charge is 0.514 e. The fourth-order valence-electron chi connectivity index (χ4n) is 2.97. The Kier molecular flexibility index (Phi) is 12.2. The van der Waals surface area contributed by atoms with Crippen LogP contribution in [0.1, 0.15) is 80.2 Å². The highest BCUT2D eigenvalue weighted by Gasteiger charge is 2.36. The van der Waals surface area contributed by atoms with Crippen molar-refractivity contribution in [2.75, 3.05) is 13.7 Å². The lowest BCUT2D eigenvalue weighted by Gasteiger charge is -2.27. The van der Waals surface area contributed by atoms with Crippen LogP contribution >= 0.6 is 0 Å². The topological polar surface area (TPSA) is 150 Å². The molecule has 2 N–H and O–H groups in total. The fraction of sp³-hybridized carbons (Fsp3) is 0.643. The van der Waals surface area contributed by atoms with Crippen LogP contribution in [0.25, 0.3) is 0 Å². The Morgan fingerprint density at radius 2 is 1.38 bits per heavy atom. The molecule has 0 amide bonds. The van der Waals surface area contributed by atoms with Crippen molar-refractivity contribution < 1.29 is 47.6 Å². The van der Waals surface area contributed by atoms with Crippen LogP contribution in [0.4, 0.5) is 9.59 Å². The van der Waals surface area contributed by atoms with E-state index in [2.05, 4.69) is 0 Å². The van der Waals surface area contributed by atoms with E-state index in [1.54, 1.807) is 47.6 Å². The van der Waals surface area contributed by atoms with Crippen molar-refractivity contribution in [2.24, 2.45) is 11.7 Å². The molecule has 1 rings (SSSR count). The number of rotatable bonds is 13. The van der Waals surface area contributed by atoms with Gasteiger partial charge in [0.1, 0.15) is 16.7 Å². The molecule has 0 aliphatic heterocycles. The van der Waals surface area contributed by atoms with Gasteiger partial charge in [0.25, 0.3) is 0 Å². The van der Waals surface area contributed by atoms with Gasteiger partial charge in [-0.15, -0.1) is 0 Å². The molecule has 11 nitrogen and oxygen atoms in total. The van der Waals surface area contributed by atoms with Gasteiger partial charge < -0.3 is 34.2 Å². The van der Waals surface area contributed by atoms with Gasteiger partial charge in [-0.05, 0) is 58.2 Å². The first-order valence-corrected chi connectivity index (χ1v) is 13.0. The summed E-state index contributed by atoms with van der Waals surface area (Å²) in [4.78, 5) is 49.4. The molecule has 0 saturated heterocycles. The van der Waals surface area contributed by atoms with Gasteiger partial charge in [-0.25, -0.2) is 9.59 Å². The second-order valence-corrected chi connectivity index (χ2v) is 10.8. The lowest BCUT2D eigenvalue weighted by atomic mass is 9.88. The van der Waals surface area contributed by atoms with E-state index >= 15 is 0 Å². The standard InChI is InChI=1S/C28H43NO10/c1-10-26(5,6)38-24(32)36-20-13-12-19(16-21(20)37-25(33)39-27(7,8)11-2)17-28(29,23(31)34-9)14-15-35-22(30)18(3)4/h12-13,16,18H,10-11,14-15,17,29H2,1-9H3/t28-/m1/s1. The van der Waals surface area contributed by atoms with E-state index in [4.69, 9.17) is 34.2 Å². The zero-order valence-electron chi connectivity index (χ0n) is 24.5. The van der Waals surface area contributed by atoms with Gasteiger partial charge in [-0.2, -0.15) is 0 Å². The molecular formula is C28H43NO10. The Hall–Kier alpha value is -3.34. The first-order valence-electron chi connectivity index (χ1n) is 13.0. The van der Waals surface area contributed by atoms with E-state index in [0.717, 1.165) is 0 Å². The molecule has 0 spiro atoms. The lowest BCUT2D eigenvalue weighted by molar-refractivity contribution is -0.152. The maximum absolute atomic E-state index is 12.6. The van der Waals surface area contributed by atoms with Crippen LogP contribution in [0, 0.1) is 5.92 Å². The predicted octanol–water partition coefficient (Wildman–Crippen LogP) is 5.10. The molecule has 0 aliphatic carbocycles. The van der Waals surface area contributed by atoms with Crippen LogP contribution in [0.2, 0.25) is 0 Å². The summed E-state index contributed by atoms with van der Waals surface area (Å²) in [7, 11) is 1.20. The van der Waals surface area contributed by atoms with Crippen molar-refractivity contribution in [2.45, 2.75) is 97.8 Å². The summed E-state index contributed by atoms with van der Waals surface area (Å²) in [5.41, 5.74) is 3.70. The highest BCUT2D eigenvalue weighted by Crippen LogP contribution is 2.32. The van der Waals surface area contributed by atoms with Gasteiger partial charge in [0.15, 0.2) is 11.5 Å². The van der Waals surface area contributed by atoms with E-state index in [1.165, 1.54) is 19.2 Å². The van der Waals surface area contributed by atoms with Gasteiger partial charge in [0.05, 0.1) is 19.6 Å². The molecule has 0 saturated carbocycles. The number of methoxy groups -OCH3 is 1. The van der Waals surface area contributed by atoms with Crippen LogP contribution in [0.5, 0.6) is 11.5 Å². The summed E-state index contributed by atoms with van der Waals surface area (Å²) < 4.78 is 31.5. The summed E-state index contributed by atoms with van der Waals surface area (Å²) >= 11 is 0. The highest BCUT2D eigenvalue weighted by molar-refractivity contribution is 5.81. The fourth-order valence-corrected chi connectivity index (χ4v) is 2.97. The SMILES string of the molecule is CCC(C)(C)OC(=O)Oc1ccc(C[C@](N)(CCOC(=O)C(C)C)C(=O)OC)cc1OC(=O)OC(C)(C)CC. The third-order valence-corrected chi connectivity index (χ3v) is 6.19. The summed E-state index contributed by atoms with van der Waals surface area (Å²) in [5, 5.41) is 0. The van der Waals surface area contributed by atoms with Gasteiger partial charge >= 0.3 is 24.2 Å². The monoisotopic (exact) mass is 553 g/mol. The average molecular weight is 554 g/mol. The molecular weight excluding hydrogens is 510 g/mol. The van der Waals surface area contributed by atoms with Crippen molar-refractivity contribution >= 4 is 24.2 Å². The van der Waals surface area contributed by atoms with E-state index in [-0.39, 0.29) is 36.9 Å². The highest BCUT2D eigenvalue weighted by atomic mass is 16.8. The predicted molar refractivity (Wildman–Crippen MR) is 142 cm³/mol. The molecule has 1 aromatic rings. The number of nitrogens with two attached hydrogens (primary N) is 1. The molecule has 0 unspecified atom stereocenters. The van der Waals surface area contributed by atoms with Crippen LogP contribution in [-0.4, -0.2) is 54.7 Å². The molecule has 220 valence electrons. The number of carbonyl (C=O) groups is 4. The maximum Gasteiger partial charge on any atom is 0.514 e. The Balaban J connectivity index is 3.29. The smallest absolute Gasteiger partial charge is 0.468 e.